The van der Waals surface area contributed by atoms with Gasteiger partial charge in [-0.3, -0.25) is 0 Å². The third kappa shape index (κ3) is 4.77. The predicted molar refractivity (Wildman–Crippen MR) is 100 cm³/mol. The lowest BCUT2D eigenvalue weighted by Gasteiger charge is -2.32. The number of nitrogens with one attached hydrogen (secondary N) is 1. The highest BCUT2D eigenvalue weighted by Gasteiger charge is 2.28. The molecule has 0 saturated heterocycles. The van der Waals surface area contributed by atoms with Gasteiger partial charge in [0, 0.05) is 12.6 Å². The molecule has 0 bridgehead atoms. The van der Waals surface area contributed by atoms with E-state index in [0.29, 0.717) is 17.8 Å². The third-order valence-electron chi connectivity index (χ3n) is 4.81. The Morgan fingerprint density at radius 3 is 2.72 bits per heavy atom. The zero-order chi connectivity index (χ0) is 17.7. The molecule has 5 nitrogen and oxygen atoms in total. The summed E-state index contributed by atoms with van der Waals surface area (Å²) in [7, 11) is 0. The molecule has 1 heterocycles. The van der Waals surface area contributed by atoms with E-state index in [9.17, 15) is 5.11 Å². The van der Waals surface area contributed by atoms with Crippen LogP contribution >= 0.6 is 0 Å². The Bertz CT molecular complexity index is 687. The number of rotatable bonds is 6. The van der Waals surface area contributed by atoms with Crippen molar-refractivity contribution >= 4 is 6.08 Å². The molecule has 2 atom stereocenters. The third-order valence-corrected chi connectivity index (χ3v) is 4.81. The molecular weight excluding hydrogens is 312 g/mol. The summed E-state index contributed by atoms with van der Waals surface area (Å²) in [4.78, 5) is 0. The van der Waals surface area contributed by atoms with Crippen molar-refractivity contribution in [2.45, 2.75) is 57.2 Å². The van der Waals surface area contributed by atoms with Gasteiger partial charge in [0.2, 0.25) is 0 Å². The van der Waals surface area contributed by atoms with Crippen LogP contribution in [0.1, 0.15) is 56.8 Å². The fraction of sp³-hybridized carbons (Fsp3) is 0.500. The van der Waals surface area contributed by atoms with Crippen molar-refractivity contribution in [3.63, 3.8) is 0 Å². The molecule has 1 saturated carbocycles. The maximum absolute atomic E-state index is 10.1. The zero-order valence-electron chi connectivity index (χ0n) is 15.1. The van der Waals surface area contributed by atoms with E-state index >= 15 is 0 Å². The Hall–Kier alpha value is -1.98. The Morgan fingerprint density at radius 2 is 2.00 bits per heavy atom. The molecule has 1 aliphatic rings. The first kappa shape index (κ1) is 17.8. The van der Waals surface area contributed by atoms with Crippen LogP contribution < -0.4 is 5.32 Å². The highest BCUT2D eigenvalue weighted by atomic mass is 16.3. The average molecular weight is 340 g/mol. The lowest BCUT2D eigenvalue weighted by Crippen LogP contribution is -2.40. The van der Waals surface area contributed by atoms with Crippen LogP contribution in [-0.2, 0) is 5.60 Å². The second-order valence-corrected chi connectivity index (χ2v) is 7.32. The van der Waals surface area contributed by atoms with Crippen LogP contribution in [0.15, 0.2) is 42.6 Å². The minimum absolute atomic E-state index is 0.294. The van der Waals surface area contributed by atoms with Gasteiger partial charge in [0.25, 0.3) is 0 Å². The van der Waals surface area contributed by atoms with Gasteiger partial charge < -0.3 is 10.4 Å². The molecule has 2 aromatic rings. The van der Waals surface area contributed by atoms with E-state index < -0.39 is 5.60 Å². The molecule has 134 valence electrons. The minimum Gasteiger partial charge on any atom is -0.384 e. The quantitative estimate of drug-likeness (QED) is 0.847. The molecule has 0 amide bonds. The van der Waals surface area contributed by atoms with E-state index in [1.807, 2.05) is 16.9 Å². The number of benzene rings is 1. The fourth-order valence-electron chi connectivity index (χ4n) is 3.36. The molecule has 3 rings (SSSR count). The van der Waals surface area contributed by atoms with E-state index in [1.54, 1.807) is 13.8 Å². The van der Waals surface area contributed by atoms with Gasteiger partial charge in [0.1, 0.15) is 11.3 Å². The van der Waals surface area contributed by atoms with E-state index in [4.69, 9.17) is 0 Å². The summed E-state index contributed by atoms with van der Waals surface area (Å²) in [5.41, 5.74) is 0.894. The lowest BCUT2D eigenvalue weighted by molar-refractivity contribution is 0.0736. The summed E-state index contributed by atoms with van der Waals surface area (Å²) in [6.45, 7) is 4.32. The molecule has 0 aliphatic heterocycles. The second-order valence-electron chi connectivity index (χ2n) is 7.32. The molecule has 5 heteroatoms. The predicted octanol–water partition coefficient (Wildman–Crippen LogP) is 3.29. The van der Waals surface area contributed by atoms with Crippen LogP contribution in [0.2, 0.25) is 0 Å². The summed E-state index contributed by atoms with van der Waals surface area (Å²) >= 11 is 0. The van der Waals surface area contributed by atoms with Gasteiger partial charge in [0.05, 0.1) is 12.2 Å². The highest BCUT2D eigenvalue weighted by Crippen LogP contribution is 2.29. The van der Waals surface area contributed by atoms with Gasteiger partial charge in [-0.2, -0.15) is 0 Å². The molecule has 25 heavy (non-hydrogen) atoms. The molecule has 1 fully saturated rings. The normalized spacial score (nSPS) is 21.7. The molecule has 2 N–H and O–H groups in total. The summed E-state index contributed by atoms with van der Waals surface area (Å²) in [6, 6.07) is 11.0. The number of nitrogens with zero attached hydrogens (tertiary/aromatic N) is 3. The van der Waals surface area contributed by atoms with E-state index in [1.165, 1.54) is 18.4 Å². The van der Waals surface area contributed by atoms with Gasteiger partial charge in [-0.1, -0.05) is 60.5 Å². The molecule has 1 aliphatic carbocycles. The van der Waals surface area contributed by atoms with Crippen molar-refractivity contribution in [3.05, 3.63) is 53.9 Å². The minimum atomic E-state index is -0.950. The standard InChI is InChI=1S/C20H28N4O/c1-20(2,25)19-15-24(23-22-19)18-13-7-6-12-17(18)21-14-8-11-16-9-4-3-5-10-16/h3-5,8-11,15,17-18,21,25H,6-7,12-14H2,1-2H3/b11-8+/t17-,18+/m0/s1. The zero-order valence-corrected chi connectivity index (χ0v) is 15.1. The smallest absolute Gasteiger partial charge is 0.114 e. The Morgan fingerprint density at radius 1 is 1.24 bits per heavy atom. The van der Waals surface area contributed by atoms with Crippen molar-refractivity contribution in [1.29, 1.82) is 0 Å². The Balaban J connectivity index is 1.61. The Kier molecular flexibility index (Phi) is 5.66. The monoisotopic (exact) mass is 340 g/mol. The van der Waals surface area contributed by atoms with Crippen LogP contribution in [0.3, 0.4) is 0 Å². The van der Waals surface area contributed by atoms with Crippen molar-refractivity contribution in [2.24, 2.45) is 0 Å². The summed E-state index contributed by atoms with van der Waals surface area (Å²) in [5, 5.41) is 22.2. The number of aromatic nitrogens is 3. The first-order valence-corrected chi connectivity index (χ1v) is 9.14. The number of hydrogen-bond donors (Lipinski definition) is 2. The second kappa shape index (κ2) is 7.93. The van der Waals surface area contributed by atoms with Crippen molar-refractivity contribution in [1.82, 2.24) is 20.3 Å². The average Bonchev–Trinajstić information content (AvgIpc) is 3.10. The van der Waals surface area contributed by atoms with Gasteiger partial charge in [-0.15, -0.1) is 5.10 Å². The number of aliphatic hydroxyl groups is 1. The van der Waals surface area contributed by atoms with E-state index in [0.717, 1.165) is 19.4 Å². The van der Waals surface area contributed by atoms with Crippen molar-refractivity contribution in [3.8, 4) is 0 Å². The maximum Gasteiger partial charge on any atom is 0.114 e. The largest absolute Gasteiger partial charge is 0.384 e. The van der Waals surface area contributed by atoms with E-state index in [2.05, 4.69) is 52.0 Å². The van der Waals surface area contributed by atoms with Gasteiger partial charge in [0.15, 0.2) is 0 Å². The summed E-state index contributed by atoms with van der Waals surface area (Å²) in [6.07, 6.45) is 10.9. The van der Waals surface area contributed by atoms with Crippen LogP contribution in [0.5, 0.6) is 0 Å². The molecular formula is C20H28N4O. The topological polar surface area (TPSA) is 63.0 Å². The molecule has 0 spiro atoms. The highest BCUT2D eigenvalue weighted by molar-refractivity contribution is 5.48. The van der Waals surface area contributed by atoms with Crippen LogP contribution in [0.25, 0.3) is 6.08 Å². The van der Waals surface area contributed by atoms with Crippen LogP contribution in [-0.4, -0.2) is 32.7 Å². The lowest BCUT2D eigenvalue weighted by atomic mass is 9.90. The van der Waals surface area contributed by atoms with Crippen LogP contribution in [0, 0.1) is 0 Å². The first-order valence-electron chi connectivity index (χ1n) is 9.14. The van der Waals surface area contributed by atoms with E-state index in [-0.39, 0.29) is 0 Å². The maximum atomic E-state index is 10.1. The molecule has 0 radical (unpaired) electrons. The summed E-state index contributed by atoms with van der Waals surface area (Å²) in [5.74, 6) is 0. The van der Waals surface area contributed by atoms with Crippen molar-refractivity contribution < 1.29 is 5.11 Å². The first-order chi connectivity index (χ1) is 12.0. The molecule has 0 unspecified atom stereocenters. The van der Waals surface area contributed by atoms with Gasteiger partial charge >= 0.3 is 0 Å². The van der Waals surface area contributed by atoms with Crippen molar-refractivity contribution in [2.75, 3.05) is 6.54 Å². The molecule has 1 aromatic carbocycles. The summed E-state index contributed by atoms with van der Waals surface area (Å²) < 4.78 is 1.94. The Labute approximate surface area is 149 Å². The fourth-order valence-corrected chi connectivity index (χ4v) is 3.36. The van der Waals surface area contributed by atoms with Gasteiger partial charge in [-0.25, -0.2) is 4.68 Å². The van der Waals surface area contributed by atoms with Gasteiger partial charge in [-0.05, 0) is 32.3 Å². The number of hydrogen-bond acceptors (Lipinski definition) is 4. The SMILES string of the molecule is CC(C)(O)c1cn([C@@H]2CCCC[C@@H]2NC/C=C/c2ccccc2)nn1. The van der Waals surface area contributed by atoms with Crippen LogP contribution in [0.4, 0.5) is 0 Å². The molecule has 1 aromatic heterocycles.